The molecule has 2 atom stereocenters. The van der Waals surface area contributed by atoms with Crippen molar-refractivity contribution < 1.29 is 30.0 Å². The van der Waals surface area contributed by atoms with Crippen molar-refractivity contribution >= 4 is 67.8 Å². The van der Waals surface area contributed by atoms with E-state index in [4.69, 9.17) is 9.97 Å². The zero-order chi connectivity index (χ0) is 36.8. The van der Waals surface area contributed by atoms with Crippen molar-refractivity contribution in [3.63, 3.8) is 0 Å². The fourth-order valence-electron chi connectivity index (χ4n) is 8.00. The molecule has 0 spiro atoms. The van der Waals surface area contributed by atoms with Crippen LogP contribution in [-0.2, 0) is 9.59 Å². The molecule has 0 aliphatic carbocycles. The van der Waals surface area contributed by atoms with E-state index in [1.807, 2.05) is 52.0 Å². The molecule has 0 aromatic carbocycles. The highest BCUT2D eigenvalue weighted by Gasteiger charge is 2.27. The van der Waals surface area contributed by atoms with Crippen LogP contribution in [0.2, 0.25) is 0 Å². The van der Waals surface area contributed by atoms with Gasteiger partial charge in [0, 0.05) is 18.4 Å². The molecule has 7 rings (SSSR count). The van der Waals surface area contributed by atoms with E-state index >= 15 is 0 Å². The Kier molecular flexibility index (Phi) is 9.53. The molecular weight excluding hydrogens is 660 g/mol. The molecule has 0 unspecified atom stereocenters. The van der Waals surface area contributed by atoms with E-state index < -0.39 is 11.9 Å². The number of aliphatic carboxylic acids is 2. The van der Waals surface area contributed by atoms with Gasteiger partial charge in [-0.05, 0) is 137 Å². The van der Waals surface area contributed by atoms with Crippen LogP contribution in [0.15, 0.2) is 24.3 Å². The zero-order valence-corrected chi connectivity index (χ0v) is 30.0. The van der Waals surface area contributed by atoms with Gasteiger partial charge in [-0.2, -0.15) is 0 Å². The quantitative estimate of drug-likeness (QED) is 0.151. The smallest absolute Gasteiger partial charge is 0.303 e. The maximum Gasteiger partial charge on any atom is 0.303 e. The number of carboxylic acid groups (broad SMARTS) is 2. The third kappa shape index (κ3) is 6.52. The Labute approximate surface area is 300 Å². The fourth-order valence-corrected chi connectivity index (χ4v) is 8.00. The first-order valence-electron chi connectivity index (χ1n) is 18.1. The number of fused-ring (bicyclic) bond motifs is 8. The predicted octanol–water partition coefficient (Wildman–Crippen LogP) is 5.36. The van der Waals surface area contributed by atoms with E-state index in [1.165, 1.54) is 0 Å². The fraction of sp³-hybridized carbons (Fsp3) is 0.400. The van der Waals surface area contributed by atoms with Crippen LogP contribution in [0.4, 0.5) is 0 Å². The Morgan fingerprint density at radius 2 is 1.21 bits per heavy atom. The Balaban J connectivity index is 1.69. The number of carboxylic acids is 2. The van der Waals surface area contributed by atoms with Crippen molar-refractivity contribution in [1.82, 2.24) is 30.6 Å². The van der Waals surface area contributed by atoms with E-state index in [0.717, 1.165) is 77.7 Å². The molecule has 8 bridgehead atoms. The first kappa shape index (κ1) is 35.2. The van der Waals surface area contributed by atoms with Gasteiger partial charge in [-0.1, -0.05) is 0 Å². The first-order chi connectivity index (χ1) is 24.9. The lowest BCUT2D eigenvalue weighted by Crippen LogP contribution is -2.29. The summed E-state index contributed by atoms with van der Waals surface area (Å²) < 4.78 is 0. The molecule has 272 valence electrons. The summed E-state index contributed by atoms with van der Waals surface area (Å²) in [4.78, 5) is 40.9. The molecule has 52 heavy (non-hydrogen) atoms. The van der Waals surface area contributed by atoms with Crippen LogP contribution in [0.3, 0.4) is 0 Å². The number of aromatic nitrogens is 4. The largest absolute Gasteiger partial charge is 0.510 e. The van der Waals surface area contributed by atoms with Gasteiger partial charge in [0.1, 0.15) is 11.5 Å². The van der Waals surface area contributed by atoms with Crippen molar-refractivity contribution in [3.8, 4) is 0 Å². The molecule has 12 heteroatoms. The number of aryl methyl sites for hydroxylation is 2. The number of nitrogens with zero attached hydrogens (tertiary/aromatic N) is 2. The number of nitrogens with one attached hydrogen (secondary N) is 4. The van der Waals surface area contributed by atoms with Gasteiger partial charge in [-0.15, -0.1) is 0 Å². The summed E-state index contributed by atoms with van der Waals surface area (Å²) in [5, 5.41) is 51.4. The molecule has 2 fully saturated rings. The van der Waals surface area contributed by atoms with E-state index in [1.54, 1.807) is 0 Å². The number of aliphatic hydroxyl groups excluding tert-OH is 2. The minimum absolute atomic E-state index is 0.0881. The van der Waals surface area contributed by atoms with Gasteiger partial charge in [-0.3, -0.25) is 9.59 Å². The molecule has 0 saturated carbocycles. The molecule has 12 nitrogen and oxygen atoms in total. The van der Waals surface area contributed by atoms with E-state index in [9.17, 15) is 30.0 Å². The van der Waals surface area contributed by atoms with Crippen LogP contribution in [0, 0.1) is 13.8 Å². The molecule has 7 heterocycles. The molecule has 0 radical (unpaired) electrons. The van der Waals surface area contributed by atoms with Crippen molar-refractivity contribution in [2.45, 2.75) is 91.1 Å². The van der Waals surface area contributed by atoms with Gasteiger partial charge in [-0.25, -0.2) is 9.97 Å². The number of aliphatic hydroxyl groups is 2. The van der Waals surface area contributed by atoms with Crippen LogP contribution in [0.1, 0.15) is 99.1 Å². The minimum atomic E-state index is -0.942. The van der Waals surface area contributed by atoms with Crippen molar-refractivity contribution in [2.75, 3.05) is 13.1 Å². The number of allylic oxidation sites excluding steroid dienone is 4. The van der Waals surface area contributed by atoms with Crippen LogP contribution in [-0.4, -0.2) is 77.5 Å². The zero-order valence-electron chi connectivity index (χ0n) is 30.0. The topological polar surface area (TPSA) is 196 Å². The molecule has 2 saturated heterocycles. The second-order valence-electron chi connectivity index (χ2n) is 14.4. The lowest BCUT2D eigenvalue weighted by Gasteiger charge is -2.10. The van der Waals surface area contributed by atoms with E-state index in [0.29, 0.717) is 49.8 Å². The van der Waals surface area contributed by atoms with Crippen molar-refractivity contribution in [3.05, 3.63) is 68.6 Å². The van der Waals surface area contributed by atoms with Crippen LogP contribution < -0.4 is 21.1 Å². The molecule has 8 N–H and O–H groups in total. The predicted molar refractivity (Wildman–Crippen MR) is 203 cm³/mol. The monoisotopic (exact) mass is 706 g/mol. The number of H-pyrrole nitrogens is 2. The third-order valence-electron chi connectivity index (χ3n) is 10.9. The van der Waals surface area contributed by atoms with Crippen molar-refractivity contribution in [1.29, 1.82) is 0 Å². The lowest BCUT2D eigenvalue weighted by molar-refractivity contribution is -0.137. The second kappa shape index (κ2) is 14.1. The van der Waals surface area contributed by atoms with Gasteiger partial charge < -0.3 is 41.0 Å². The Hall–Kier alpha value is -5.20. The standard InChI is InChI=1S/C40H46N6O6/c1-19-15-31-35(39(51)25-7-5-13-41-25)37-20(2)16-32(46-37)36(40(52)26-8-6-14-42-26)38-22(4)24(10-12-34(49)50)30(45-38)18-29-23(9-11-33(47)48)21(3)28(44-29)17-27(19)43-31/h15-18,25-26,41-43,46,51-52H,5-14H2,1-4H3,(H,47,48)(H,49,50)/t25-,26-/m0/s1. The van der Waals surface area contributed by atoms with E-state index in [-0.39, 0.29) is 49.3 Å². The molecule has 3 aromatic rings. The van der Waals surface area contributed by atoms with Crippen LogP contribution >= 0.6 is 0 Å². The highest BCUT2D eigenvalue weighted by Crippen LogP contribution is 2.37. The minimum Gasteiger partial charge on any atom is -0.510 e. The Morgan fingerprint density at radius 3 is 1.81 bits per heavy atom. The summed E-state index contributed by atoms with van der Waals surface area (Å²) >= 11 is 0. The average Bonchev–Trinajstić information content (AvgIpc) is 3.95. The van der Waals surface area contributed by atoms with Gasteiger partial charge in [0.15, 0.2) is 0 Å². The third-order valence-corrected chi connectivity index (χ3v) is 10.9. The molecule has 4 aliphatic rings. The van der Waals surface area contributed by atoms with E-state index in [2.05, 4.69) is 20.6 Å². The van der Waals surface area contributed by atoms with Gasteiger partial charge in [0.2, 0.25) is 0 Å². The number of carbonyl (C=O) groups is 2. The number of hydrogen-bond donors (Lipinski definition) is 8. The maximum absolute atomic E-state index is 12.1. The second-order valence-corrected chi connectivity index (χ2v) is 14.4. The first-order valence-corrected chi connectivity index (χ1v) is 18.1. The SMILES string of the molecule is CC1=C(CCC(=O)O)c2cc3nc(c(=C(O)[C@@H]4CCCN4)c4cc(C)c([nH]4)c(=C(O)[C@@H]4CCCN4)c4cc(C)c(cc1n2)[nH]4)C(C)=C3CCC(=O)O. The summed E-state index contributed by atoms with van der Waals surface area (Å²) in [5.41, 5.74) is 10.00. The number of hydrogen-bond acceptors (Lipinski definition) is 8. The Morgan fingerprint density at radius 1 is 0.654 bits per heavy atom. The molecule has 0 amide bonds. The van der Waals surface area contributed by atoms with Gasteiger partial charge in [0.05, 0.1) is 61.8 Å². The highest BCUT2D eigenvalue weighted by molar-refractivity contribution is 5.96. The average molecular weight is 707 g/mol. The summed E-state index contributed by atoms with van der Waals surface area (Å²) in [6.45, 7) is 9.36. The van der Waals surface area contributed by atoms with Crippen molar-refractivity contribution in [2.24, 2.45) is 0 Å². The van der Waals surface area contributed by atoms with Gasteiger partial charge in [0.25, 0.3) is 0 Å². The van der Waals surface area contributed by atoms with Crippen LogP contribution in [0.25, 0.3) is 55.9 Å². The Bertz CT molecular complexity index is 2350. The summed E-state index contributed by atoms with van der Waals surface area (Å²) in [6.07, 6.45) is 3.60. The summed E-state index contributed by atoms with van der Waals surface area (Å²) in [6, 6.07) is 7.22. The lowest BCUT2D eigenvalue weighted by atomic mass is 9.97. The maximum atomic E-state index is 12.1. The highest BCUT2D eigenvalue weighted by atomic mass is 16.4. The number of aromatic amines is 2. The molecular formula is C40H46N6O6. The normalized spacial score (nSPS) is 20.2. The number of rotatable bonds is 8. The summed E-state index contributed by atoms with van der Waals surface area (Å²) in [5.74, 6) is -1.52. The summed E-state index contributed by atoms with van der Waals surface area (Å²) in [7, 11) is 0. The molecule has 3 aromatic heterocycles. The van der Waals surface area contributed by atoms with Crippen LogP contribution in [0.5, 0.6) is 0 Å². The molecule has 4 aliphatic heterocycles. The van der Waals surface area contributed by atoms with Gasteiger partial charge >= 0.3 is 11.9 Å².